The average molecular weight is 197 g/mol. The third-order valence-corrected chi connectivity index (χ3v) is 2.16. The summed E-state index contributed by atoms with van der Waals surface area (Å²) in [6, 6.07) is 11.6. The van der Waals surface area contributed by atoms with Crippen molar-refractivity contribution in [2.75, 3.05) is 12.3 Å². The van der Waals surface area contributed by atoms with E-state index in [-0.39, 0.29) is 6.61 Å². The lowest BCUT2D eigenvalue weighted by Gasteiger charge is -2.04. The zero-order valence-electron chi connectivity index (χ0n) is 8.23. The second-order valence-corrected chi connectivity index (χ2v) is 3.26. The van der Waals surface area contributed by atoms with Crippen molar-refractivity contribution in [2.24, 2.45) is 0 Å². The van der Waals surface area contributed by atoms with Gasteiger partial charge in [-0.2, -0.15) is 0 Å². The fourth-order valence-corrected chi connectivity index (χ4v) is 1.46. The van der Waals surface area contributed by atoms with E-state index < -0.39 is 0 Å². The van der Waals surface area contributed by atoms with Crippen LogP contribution >= 0.6 is 0 Å². The molecule has 0 saturated carbocycles. The predicted molar refractivity (Wildman–Crippen MR) is 62.7 cm³/mol. The SMILES string of the molecule is C#CCOc1ccc2ccc(N)cc2c1. The van der Waals surface area contributed by atoms with Crippen LogP contribution in [-0.2, 0) is 0 Å². The summed E-state index contributed by atoms with van der Waals surface area (Å²) in [5, 5.41) is 2.20. The Morgan fingerprint density at radius 2 is 1.93 bits per heavy atom. The Kier molecular flexibility index (Phi) is 2.47. The molecule has 2 heteroatoms. The van der Waals surface area contributed by atoms with Crippen LogP contribution in [-0.4, -0.2) is 6.61 Å². The second kappa shape index (κ2) is 3.93. The molecule has 0 heterocycles. The first-order chi connectivity index (χ1) is 7.29. The molecular weight excluding hydrogens is 186 g/mol. The molecule has 0 radical (unpaired) electrons. The molecule has 0 atom stereocenters. The molecule has 0 amide bonds. The van der Waals surface area contributed by atoms with Gasteiger partial charge in [-0.1, -0.05) is 18.1 Å². The van der Waals surface area contributed by atoms with Crippen molar-refractivity contribution in [1.29, 1.82) is 0 Å². The number of hydrogen-bond acceptors (Lipinski definition) is 2. The van der Waals surface area contributed by atoms with Gasteiger partial charge in [0.2, 0.25) is 0 Å². The van der Waals surface area contributed by atoms with Crippen molar-refractivity contribution in [2.45, 2.75) is 0 Å². The third kappa shape index (κ3) is 2.03. The number of terminal acetylenes is 1. The monoisotopic (exact) mass is 197 g/mol. The van der Waals surface area contributed by atoms with Crippen molar-refractivity contribution in [3.8, 4) is 18.1 Å². The van der Waals surface area contributed by atoms with Gasteiger partial charge in [0.1, 0.15) is 12.4 Å². The summed E-state index contributed by atoms with van der Waals surface area (Å²) in [5.74, 6) is 3.20. The van der Waals surface area contributed by atoms with Gasteiger partial charge in [0.05, 0.1) is 0 Å². The van der Waals surface area contributed by atoms with Crippen LogP contribution in [0.25, 0.3) is 10.8 Å². The summed E-state index contributed by atoms with van der Waals surface area (Å²) >= 11 is 0. The first-order valence-corrected chi connectivity index (χ1v) is 4.65. The molecule has 0 fully saturated rings. The highest BCUT2D eigenvalue weighted by molar-refractivity contribution is 5.86. The summed E-state index contributed by atoms with van der Waals surface area (Å²) in [4.78, 5) is 0. The molecule has 2 aromatic rings. The number of benzene rings is 2. The Bertz CT molecular complexity index is 526. The molecule has 15 heavy (non-hydrogen) atoms. The van der Waals surface area contributed by atoms with E-state index in [1.54, 1.807) is 0 Å². The van der Waals surface area contributed by atoms with Gasteiger partial charge in [-0.15, -0.1) is 6.42 Å². The lowest BCUT2D eigenvalue weighted by atomic mass is 10.1. The van der Waals surface area contributed by atoms with Gasteiger partial charge in [0.15, 0.2) is 0 Å². The maximum Gasteiger partial charge on any atom is 0.148 e. The highest BCUT2D eigenvalue weighted by Gasteiger charge is 1.97. The van der Waals surface area contributed by atoms with Gasteiger partial charge in [-0.3, -0.25) is 0 Å². The first-order valence-electron chi connectivity index (χ1n) is 4.65. The second-order valence-electron chi connectivity index (χ2n) is 3.26. The van der Waals surface area contributed by atoms with E-state index in [9.17, 15) is 0 Å². The standard InChI is InChI=1S/C13H11NO/c1-2-7-15-13-6-4-10-3-5-12(14)8-11(10)9-13/h1,3-6,8-9H,7,14H2. The van der Waals surface area contributed by atoms with Crippen molar-refractivity contribution < 1.29 is 4.74 Å². The molecule has 74 valence electrons. The van der Waals surface area contributed by atoms with Gasteiger partial charge in [0.25, 0.3) is 0 Å². The molecule has 0 aliphatic heterocycles. The Hall–Kier alpha value is -2.14. The van der Waals surface area contributed by atoms with E-state index in [0.29, 0.717) is 0 Å². The lowest BCUT2D eigenvalue weighted by molar-refractivity contribution is 0.371. The molecule has 0 spiro atoms. The highest BCUT2D eigenvalue weighted by atomic mass is 16.5. The normalized spacial score (nSPS) is 9.80. The van der Waals surface area contributed by atoms with E-state index in [1.807, 2.05) is 36.4 Å². The molecule has 2 nitrogen and oxygen atoms in total. The van der Waals surface area contributed by atoms with Crippen molar-refractivity contribution >= 4 is 16.5 Å². The maximum absolute atomic E-state index is 5.70. The summed E-state index contributed by atoms with van der Waals surface area (Å²) in [6.07, 6.45) is 5.12. The van der Waals surface area contributed by atoms with Gasteiger partial charge >= 0.3 is 0 Å². The van der Waals surface area contributed by atoms with Crippen molar-refractivity contribution in [1.82, 2.24) is 0 Å². The number of nitrogens with two attached hydrogens (primary N) is 1. The maximum atomic E-state index is 5.70. The van der Waals surface area contributed by atoms with Crippen LogP contribution in [0.1, 0.15) is 0 Å². The van der Waals surface area contributed by atoms with Crippen molar-refractivity contribution in [3.05, 3.63) is 36.4 Å². The summed E-state index contributed by atoms with van der Waals surface area (Å²) < 4.78 is 5.33. The molecule has 0 saturated heterocycles. The van der Waals surface area contributed by atoms with Gasteiger partial charge in [-0.05, 0) is 35.0 Å². The smallest absolute Gasteiger partial charge is 0.148 e. The largest absolute Gasteiger partial charge is 0.481 e. The minimum Gasteiger partial charge on any atom is -0.481 e. The van der Waals surface area contributed by atoms with Crippen LogP contribution in [0.4, 0.5) is 5.69 Å². The molecule has 2 aromatic carbocycles. The van der Waals surface area contributed by atoms with E-state index in [1.165, 1.54) is 0 Å². The molecular formula is C13H11NO. The molecule has 2 N–H and O–H groups in total. The van der Waals surface area contributed by atoms with E-state index >= 15 is 0 Å². The summed E-state index contributed by atoms with van der Waals surface area (Å²) in [6.45, 7) is 0.286. The Morgan fingerprint density at radius 3 is 2.73 bits per heavy atom. The van der Waals surface area contributed by atoms with Crippen LogP contribution in [0, 0.1) is 12.3 Å². The fraction of sp³-hybridized carbons (Fsp3) is 0.0769. The van der Waals surface area contributed by atoms with Gasteiger partial charge < -0.3 is 10.5 Å². The molecule has 0 unspecified atom stereocenters. The van der Waals surface area contributed by atoms with Crippen LogP contribution in [0.3, 0.4) is 0 Å². The Labute approximate surface area is 88.7 Å². The molecule has 2 rings (SSSR count). The van der Waals surface area contributed by atoms with Crippen LogP contribution < -0.4 is 10.5 Å². The van der Waals surface area contributed by atoms with Crippen LogP contribution in [0.2, 0.25) is 0 Å². The van der Waals surface area contributed by atoms with E-state index in [0.717, 1.165) is 22.2 Å². The van der Waals surface area contributed by atoms with Crippen LogP contribution in [0.15, 0.2) is 36.4 Å². The minimum atomic E-state index is 0.286. The summed E-state index contributed by atoms with van der Waals surface area (Å²) in [5.41, 5.74) is 6.45. The van der Waals surface area contributed by atoms with E-state index in [2.05, 4.69) is 5.92 Å². The lowest BCUT2D eigenvalue weighted by Crippen LogP contribution is -1.93. The third-order valence-electron chi connectivity index (χ3n) is 2.16. The molecule has 0 bridgehead atoms. The van der Waals surface area contributed by atoms with Gasteiger partial charge in [-0.25, -0.2) is 0 Å². The Morgan fingerprint density at radius 1 is 1.13 bits per heavy atom. The van der Waals surface area contributed by atoms with Crippen LogP contribution in [0.5, 0.6) is 5.75 Å². The first kappa shape index (κ1) is 9.42. The predicted octanol–water partition coefficient (Wildman–Crippen LogP) is 2.43. The van der Waals surface area contributed by atoms with E-state index in [4.69, 9.17) is 16.9 Å². The minimum absolute atomic E-state index is 0.286. The Balaban J connectivity index is 2.41. The summed E-state index contributed by atoms with van der Waals surface area (Å²) in [7, 11) is 0. The van der Waals surface area contributed by atoms with Gasteiger partial charge in [0, 0.05) is 5.69 Å². The zero-order valence-corrected chi connectivity index (χ0v) is 8.23. The molecule has 0 aliphatic carbocycles. The number of anilines is 1. The quantitative estimate of drug-likeness (QED) is 0.592. The fourth-order valence-electron chi connectivity index (χ4n) is 1.46. The molecule has 0 aromatic heterocycles. The average Bonchev–Trinajstić information content (AvgIpc) is 2.25. The number of ether oxygens (including phenoxy) is 1. The number of fused-ring (bicyclic) bond motifs is 1. The molecule has 0 aliphatic rings. The number of rotatable bonds is 2. The van der Waals surface area contributed by atoms with Crippen molar-refractivity contribution in [3.63, 3.8) is 0 Å². The zero-order chi connectivity index (χ0) is 10.7. The highest BCUT2D eigenvalue weighted by Crippen LogP contribution is 2.22. The number of hydrogen-bond donors (Lipinski definition) is 1. The number of nitrogen functional groups attached to an aromatic ring is 1. The topological polar surface area (TPSA) is 35.2 Å².